The predicted molar refractivity (Wildman–Crippen MR) is 43.8 cm³/mol. The molecule has 3 N–H and O–H groups in total. The Balaban J connectivity index is 3.10. The average Bonchev–Trinajstić information content (AvgIpc) is 2.30. The Labute approximate surface area is 69.0 Å². The van der Waals surface area contributed by atoms with Crippen molar-refractivity contribution in [3.8, 4) is 0 Å². The number of nitrogens with two attached hydrogens (primary N) is 1. The van der Waals surface area contributed by atoms with Crippen LogP contribution in [0, 0.1) is 0 Å². The monoisotopic (exact) mass is 175 g/mol. The van der Waals surface area contributed by atoms with Gasteiger partial charge in [0.25, 0.3) is 0 Å². The molecule has 0 saturated carbocycles. The van der Waals surface area contributed by atoms with E-state index in [4.69, 9.17) is 17.3 Å². The Morgan fingerprint density at radius 2 is 2.55 bits per heavy atom. The van der Waals surface area contributed by atoms with Gasteiger partial charge in [0, 0.05) is 18.8 Å². The van der Waals surface area contributed by atoms with E-state index < -0.39 is 0 Å². The Hall–Kier alpha value is -0.740. The quantitative estimate of drug-likeness (QED) is 0.682. The molecule has 0 aliphatic heterocycles. The summed E-state index contributed by atoms with van der Waals surface area (Å²) in [5.41, 5.74) is 5.15. The van der Waals surface area contributed by atoms with Gasteiger partial charge >= 0.3 is 5.69 Å². The second kappa shape index (κ2) is 3.11. The van der Waals surface area contributed by atoms with Crippen molar-refractivity contribution in [1.82, 2.24) is 9.55 Å². The average molecular weight is 176 g/mol. The molecule has 62 valence electrons. The van der Waals surface area contributed by atoms with Crippen molar-refractivity contribution in [2.75, 3.05) is 6.54 Å². The molecule has 0 fully saturated rings. The van der Waals surface area contributed by atoms with Gasteiger partial charge in [-0.05, 0) is 6.92 Å². The van der Waals surface area contributed by atoms with Crippen LogP contribution in [0.4, 0.5) is 0 Å². The minimum atomic E-state index is -0.215. The van der Waals surface area contributed by atoms with E-state index in [-0.39, 0.29) is 11.7 Å². The van der Waals surface area contributed by atoms with Crippen LogP contribution in [0.5, 0.6) is 0 Å². The third-order valence-corrected chi connectivity index (χ3v) is 1.84. The number of aromatic amines is 1. The van der Waals surface area contributed by atoms with Crippen LogP contribution < -0.4 is 11.4 Å². The fourth-order valence-electron chi connectivity index (χ4n) is 0.873. The van der Waals surface area contributed by atoms with Crippen molar-refractivity contribution in [2.45, 2.75) is 13.0 Å². The van der Waals surface area contributed by atoms with Gasteiger partial charge in [-0.3, -0.25) is 4.57 Å². The van der Waals surface area contributed by atoms with E-state index in [2.05, 4.69) is 4.98 Å². The van der Waals surface area contributed by atoms with Crippen molar-refractivity contribution >= 4 is 11.6 Å². The van der Waals surface area contributed by atoms with Crippen LogP contribution in [0.25, 0.3) is 0 Å². The van der Waals surface area contributed by atoms with Crippen molar-refractivity contribution in [2.24, 2.45) is 5.73 Å². The lowest BCUT2D eigenvalue weighted by molar-refractivity contribution is 0.542. The highest BCUT2D eigenvalue weighted by atomic mass is 35.5. The molecule has 0 aliphatic rings. The maximum Gasteiger partial charge on any atom is 0.326 e. The van der Waals surface area contributed by atoms with E-state index in [1.165, 1.54) is 10.8 Å². The van der Waals surface area contributed by atoms with Gasteiger partial charge < -0.3 is 10.7 Å². The molecule has 5 heteroatoms. The van der Waals surface area contributed by atoms with Crippen molar-refractivity contribution in [3.63, 3.8) is 0 Å². The summed E-state index contributed by atoms with van der Waals surface area (Å²) in [7, 11) is 0. The van der Waals surface area contributed by atoms with Gasteiger partial charge in [0.05, 0.1) is 0 Å². The zero-order valence-corrected chi connectivity index (χ0v) is 6.93. The van der Waals surface area contributed by atoms with Crippen LogP contribution in [0.3, 0.4) is 0 Å². The first-order valence-electron chi connectivity index (χ1n) is 3.32. The van der Waals surface area contributed by atoms with Gasteiger partial charge in [-0.25, -0.2) is 4.79 Å². The smallest absolute Gasteiger partial charge is 0.326 e. The zero-order valence-electron chi connectivity index (χ0n) is 6.17. The second-order valence-corrected chi connectivity index (χ2v) is 2.76. The first-order chi connectivity index (χ1) is 5.16. The van der Waals surface area contributed by atoms with Crippen molar-refractivity contribution in [1.29, 1.82) is 0 Å². The number of hydrogen-bond donors (Lipinski definition) is 2. The molecule has 1 aromatic rings. The standard InChI is InChI=1S/C6H10ClN3O/c1-4(2-8)10-5(7)3-9-6(10)11/h3-4H,2,8H2,1H3,(H,9,11). The van der Waals surface area contributed by atoms with E-state index in [0.29, 0.717) is 11.7 Å². The molecule has 0 spiro atoms. The summed E-state index contributed by atoms with van der Waals surface area (Å²) >= 11 is 5.69. The van der Waals surface area contributed by atoms with Gasteiger partial charge in [-0.15, -0.1) is 0 Å². The number of rotatable bonds is 2. The largest absolute Gasteiger partial charge is 0.328 e. The molecule has 0 saturated heterocycles. The van der Waals surface area contributed by atoms with Crippen LogP contribution in [0.2, 0.25) is 5.15 Å². The normalized spacial score (nSPS) is 13.4. The third-order valence-electron chi connectivity index (χ3n) is 1.55. The Kier molecular flexibility index (Phi) is 2.36. The van der Waals surface area contributed by atoms with Gasteiger partial charge in [0.15, 0.2) is 0 Å². The molecule has 1 heterocycles. The van der Waals surface area contributed by atoms with E-state index >= 15 is 0 Å². The van der Waals surface area contributed by atoms with Crippen LogP contribution >= 0.6 is 11.6 Å². The molecule has 1 rings (SSSR count). The highest BCUT2D eigenvalue weighted by Crippen LogP contribution is 2.09. The molecule has 0 amide bonds. The van der Waals surface area contributed by atoms with Crippen molar-refractivity contribution in [3.05, 3.63) is 21.8 Å². The molecule has 0 aromatic carbocycles. The highest BCUT2D eigenvalue weighted by molar-refractivity contribution is 6.29. The minimum absolute atomic E-state index is 0.0544. The number of nitrogens with zero attached hydrogens (tertiary/aromatic N) is 1. The van der Waals surface area contributed by atoms with Gasteiger partial charge in [-0.2, -0.15) is 0 Å². The lowest BCUT2D eigenvalue weighted by Gasteiger charge is -2.09. The van der Waals surface area contributed by atoms with E-state index in [1.807, 2.05) is 6.92 Å². The number of aromatic nitrogens is 2. The molecule has 1 aromatic heterocycles. The minimum Gasteiger partial charge on any atom is -0.328 e. The van der Waals surface area contributed by atoms with Gasteiger partial charge in [0.1, 0.15) is 5.15 Å². The van der Waals surface area contributed by atoms with E-state index in [0.717, 1.165) is 0 Å². The highest BCUT2D eigenvalue weighted by Gasteiger charge is 2.08. The molecule has 11 heavy (non-hydrogen) atoms. The predicted octanol–water partition coefficient (Wildman–Crippen LogP) is 0.350. The van der Waals surface area contributed by atoms with Crippen molar-refractivity contribution < 1.29 is 0 Å². The third kappa shape index (κ3) is 1.46. The van der Waals surface area contributed by atoms with Crippen LogP contribution in [0.15, 0.2) is 11.0 Å². The van der Waals surface area contributed by atoms with E-state index in [9.17, 15) is 4.79 Å². The summed E-state index contributed by atoms with van der Waals surface area (Å²) in [6.45, 7) is 2.23. The maximum atomic E-state index is 11.0. The number of hydrogen-bond acceptors (Lipinski definition) is 2. The molecule has 0 radical (unpaired) electrons. The molecule has 1 unspecified atom stereocenters. The van der Waals surface area contributed by atoms with Gasteiger partial charge in [-0.1, -0.05) is 11.6 Å². The number of halogens is 1. The van der Waals surface area contributed by atoms with Crippen LogP contribution in [0.1, 0.15) is 13.0 Å². The topological polar surface area (TPSA) is 63.8 Å². The summed E-state index contributed by atoms with van der Waals surface area (Å²) in [5.74, 6) is 0. The summed E-state index contributed by atoms with van der Waals surface area (Å²) < 4.78 is 1.42. The number of H-pyrrole nitrogens is 1. The fourth-order valence-corrected chi connectivity index (χ4v) is 1.17. The Morgan fingerprint density at radius 1 is 1.91 bits per heavy atom. The number of imidazole rings is 1. The molecular weight excluding hydrogens is 166 g/mol. The molecule has 4 nitrogen and oxygen atoms in total. The second-order valence-electron chi connectivity index (χ2n) is 2.37. The van der Waals surface area contributed by atoms with Crippen LogP contribution in [-0.4, -0.2) is 16.1 Å². The number of nitrogens with one attached hydrogen (secondary N) is 1. The molecule has 0 bridgehead atoms. The SMILES string of the molecule is CC(CN)n1c(Cl)c[nH]c1=O. The summed E-state index contributed by atoms with van der Waals surface area (Å²) in [6.07, 6.45) is 1.45. The summed E-state index contributed by atoms with van der Waals surface area (Å²) in [5, 5.41) is 0.396. The first kappa shape index (κ1) is 8.36. The Morgan fingerprint density at radius 3 is 2.91 bits per heavy atom. The zero-order chi connectivity index (χ0) is 8.43. The van der Waals surface area contributed by atoms with Gasteiger partial charge in [0.2, 0.25) is 0 Å². The fraction of sp³-hybridized carbons (Fsp3) is 0.500. The lowest BCUT2D eigenvalue weighted by Crippen LogP contribution is -2.25. The molecular formula is C6H10ClN3O. The maximum absolute atomic E-state index is 11.0. The lowest BCUT2D eigenvalue weighted by atomic mass is 10.3. The Bertz CT molecular complexity index is 290. The summed E-state index contributed by atoms with van der Waals surface area (Å²) in [4.78, 5) is 13.5. The molecule has 1 atom stereocenters. The first-order valence-corrected chi connectivity index (χ1v) is 3.70. The summed E-state index contributed by atoms with van der Waals surface area (Å²) in [6, 6.07) is -0.0544. The van der Waals surface area contributed by atoms with E-state index in [1.54, 1.807) is 0 Å². The molecule has 0 aliphatic carbocycles. The van der Waals surface area contributed by atoms with Crippen LogP contribution in [-0.2, 0) is 0 Å².